The van der Waals surface area contributed by atoms with E-state index in [1.165, 1.54) is 12.1 Å². The molecule has 1 amide bonds. The molecule has 0 bridgehead atoms. The molecule has 2 heterocycles. The van der Waals surface area contributed by atoms with Gasteiger partial charge in [0.25, 0.3) is 0 Å². The van der Waals surface area contributed by atoms with Gasteiger partial charge >= 0.3 is 0 Å². The molecule has 4 rings (SSSR count). The summed E-state index contributed by atoms with van der Waals surface area (Å²) in [5.41, 5.74) is 7.37. The van der Waals surface area contributed by atoms with E-state index < -0.39 is 5.60 Å². The van der Waals surface area contributed by atoms with Gasteiger partial charge in [-0.25, -0.2) is 4.39 Å². The largest absolute Gasteiger partial charge is 0.484 e. The second-order valence-corrected chi connectivity index (χ2v) is 6.57. The quantitative estimate of drug-likeness (QED) is 0.780. The Balaban J connectivity index is 1.76. The van der Waals surface area contributed by atoms with Gasteiger partial charge in [-0.1, -0.05) is 6.07 Å². The zero-order valence-electron chi connectivity index (χ0n) is 13.7. The molecule has 0 radical (unpaired) electrons. The predicted octanol–water partition coefficient (Wildman–Crippen LogP) is 3.35. The molecule has 2 aliphatic rings. The topological polar surface area (TPSA) is 73.6 Å². The molecule has 2 aromatic carbocycles. The molecule has 0 unspecified atom stereocenters. The number of rotatable bonds is 1. The highest BCUT2D eigenvalue weighted by Gasteiger charge is 2.39. The summed E-state index contributed by atoms with van der Waals surface area (Å²) in [4.78, 5) is 12.3. The van der Waals surface area contributed by atoms with Gasteiger partial charge in [-0.05, 0) is 35.9 Å². The average molecular weight is 342 g/mol. The van der Waals surface area contributed by atoms with Crippen molar-refractivity contribution in [1.82, 2.24) is 0 Å². The van der Waals surface area contributed by atoms with Crippen molar-refractivity contribution in [3.63, 3.8) is 0 Å². The number of fused-ring (bicyclic) bond motifs is 1. The molecule has 3 N–H and O–H groups in total. The summed E-state index contributed by atoms with van der Waals surface area (Å²) in [5.74, 6) is 0.114. The fraction of sp³-hybridized carbons (Fsp3) is 0.316. The lowest BCUT2D eigenvalue weighted by atomic mass is 9.90. The Kier molecular flexibility index (Phi) is 3.84. The number of anilines is 2. The second kappa shape index (κ2) is 6.04. The first-order valence-electron chi connectivity index (χ1n) is 8.31. The predicted molar refractivity (Wildman–Crippen MR) is 92.9 cm³/mol. The van der Waals surface area contributed by atoms with Gasteiger partial charge in [0.05, 0.1) is 25.3 Å². The first-order valence-corrected chi connectivity index (χ1v) is 8.31. The third-order valence-corrected chi connectivity index (χ3v) is 4.77. The highest BCUT2D eigenvalue weighted by molar-refractivity contribution is 5.94. The van der Waals surface area contributed by atoms with Crippen LogP contribution in [-0.4, -0.2) is 24.7 Å². The SMILES string of the molecule is Nc1ccc(F)c(-c2ccc3c(c2)OC2(CCOCC2)CC(=O)N3)c1. The van der Waals surface area contributed by atoms with Crippen molar-refractivity contribution in [1.29, 1.82) is 0 Å². The normalized spacial score (nSPS) is 18.8. The number of hydrogen-bond acceptors (Lipinski definition) is 4. The zero-order chi connectivity index (χ0) is 17.4. The van der Waals surface area contributed by atoms with Crippen LogP contribution in [0, 0.1) is 5.82 Å². The van der Waals surface area contributed by atoms with E-state index in [1.807, 2.05) is 0 Å². The summed E-state index contributed by atoms with van der Waals surface area (Å²) >= 11 is 0. The van der Waals surface area contributed by atoms with E-state index in [0.29, 0.717) is 54.3 Å². The number of nitrogen functional groups attached to an aromatic ring is 1. The molecule has 0 aliphatic carbocycles. The molecule has 1 spiro atoms. The van der Waals surface area contributed by atoms with Crippen LogP contribution >= 0.6 is 0 Å². The van der Waals surface area contributed by atoms with E-state index in [-0.39, 0.29) is 18.1 Å². The zero-order valence-corrected chi connectivity index (χ0v) is 13.7. The fourth-order valence-electron chi connectivity index (χ4n) is 3.42. The van der Waals surface area contributed by atoms with Crippen LogP contribution in [-0.2, 0) is 9.53 Å². The molecule has 25 heavy (non-hydrogen) atoms. The number of halogens is 1. The van der Waals surface area contributed by atoms with Crippen molar-refractivity contribution in [3.05, 3.63) is 42.2 Å². The number of nitrogens with one attached hydrogen (secondary N) is 1. The highest BCUT2D eigenvalue weighted by Crippen LogP contribution is 2.40. The minimum Gasteiger partial charge on any atom is -0.484 e. The lowest BCUT2D eigenvalue weighted by Crippen LogP contribution is -2.43. The minimum absolute atomic E-state index is 0.0801. The molecule has 1 saturated heterocycles. The summed E-state index contributed by atoms with van der Waals surface area (Å²) < 4.78 is 25.9. The van der Waals surface area contributed by atoms with Crippen LogP contribution < -0.4 is 15.8 Å². The maximum absolute atomic E-state index is 14.2. The third kappa shape index (κ3) is 3.05. The molecule has 0 atom stereocenters. The Labute approximate surface area is 144 Å². The Morgan fingerprint density at radius 2 is 1.92 bits per heavy atom. The van der Waals surface area contributed by atoms with E-state index in [9.17, 15) is 9.18 Å². The van der Waals surface area contributed by atoms with Crippen molar-refractivity contribution >= 4 is 17.3 Å². The van der Waals surface area contributed by atoms with Crippen molar-refractivity contribution in [2.45, 2.75) is 24.9 Å². The van der Waals surface area contributed by atoms with E-state index >= 15 is 0 Å². The molecule has 130 valence electrons. The molecule has 5 nitrogen and oxygen atoms in total. The maximum Gasteiger partial charge on any atom is 0.228 e. The van der Waals surface area contributed by atoms with Gasteiger partial charge < -0.3 is 20.5 Å². The van der Waals surface area contributed by atoms with Crippen molar-refractivity contribution in [3.8, 4) is 16.9 Å². The third-order valence-electron chi connectivity index (χ3n) is 4.77. The molecule has 2 aliphatic heterocycles. The van der Waals surface area contributed by atoms with Crippen LogP contribution in [0.3, 0.4) is 0 Å². The Morgan fingerprint density at radius 1 is 1.12 bits per heavy atom. The number of carbonyl (C=O) groups excluding carboxylic acids is 1. The minimum atomic E-state index is -0.569. The second-order valence-electron chi connectivity index (χ2n) is 6.57. The number of nitrogens with two attached hydrogens (primary N) is 1. The summed E-state index contributed by atoms with van der Waals surface area (Å²) in [6.07, 6.45) is 1.58. The molecule has 0 saturated carbocycles. The molecule has 2 aromatic rings. The number of ether oxygens (including phenoxy) is 2. The lowest BCUT2D eigenvalue weighted by molar-refractivity contribution is -0.122. The summed E-state index contributed by atoms with van der Waals surface area (Å²) in [6.45, 7) is 1.12. The molecule has 6 heteroatoms. The van der Waals surface area contributed by atoms with E-state index in [1.54, 1.807) is 24.3 Å². The van der Waals surface area contributed by atoms with Gasteiger partial charge in [-0.2, -0.15) is 0 Å². The van der Waals surface area contributed by atoms with Gasteiger partial charge in [0, 0.05) is 24.1 Å². The van der Waals surface area contributed by atoms with E-state index in [4.69, 9.17) is 15.2 Å². The van der Waals surface area contributed by atoms with E-state index in [0.717, 1.165) is 0 Å². The maximum atomic E-state index is 14.2. The van der Waals surface area contributed by atoms with Gasteiger partial charge in [0.15, 0.2) is 0 Å². The van der Waals surface area contributed by atoms with Gasteiger partial charge in [-0.15, -0.1) is 0 Å². The van der Waals surface area contributed by atoms with Crippen LogP contribution in [0.15, 0.2) is 36.4 Å². The van der Waals surface area contributed by atoms with Crippen LogP contribution in [0.1, 0.15) is 19.3 Å². The fourth-order valence-corrected chi connectivity index (χ4v) is 3.42. The standard InChI is InChI=1S/C19H19FN2O3/c20-15-3-2-13(21)10-14(15)12-1-4-16-17(9-12)25-19(11-18(23)22-16)5-7-24-8-6-19/h1-4,9-10H,5-8,11,21H2,(H,22,23). The Hall–Kier alpha value is -2.60. The highest BCUT2D eigenvalue weighted by atomic mass is 19.1. The van der Waals surface area contributed by atoms with E-state index in [2.05, 4.69) is 5.32 Å². The summed E-state index contributed by atoms with van der Waals surface area (Å²) in [5, 5.41) is 2.88. The van der Waals surface area contributed by atoms with Crippen LogP contribution in [0.5, 0.6) is 5.75 Å². The first-order chi connectivity index (χ1) is 12.0. The van der Waals surface area contributed by atoms with Crippen molar-refractivity contribution in [2.24, 2.45) is 0 Å². The first kappa shape index (κ1) is 15.9. The van der Waals surface area contributed by atoms with Crippen LogP contribution in [0.2, 0.25) is 0 Å². The van der Waals surface area contributed by atoms with Crippen LogP contribution in [0.25, 0.3) is 11.1 Å². The summed E-state index contributed by atoms with van der Waals surface area (Å²) in [7, 11) is 0. The molecule has 1 fully saturated rings. The number of benzene rings is 2. The molecule has 0 aromatic heterocycles. The van der Waals surface area contributed by atoms with Gasteiger partial charge in [0.1, 0.15) is 17.2 Å². The van der Waals surface area contributed by atoms with Gasteiger partial charge in [-0.3, -0.25) is 4.79 Å². The Morgan fingerprint density at radius 3 is 2.72 bits per heavy atom. The lowest BCUT2D eigenvalue weighted by Gasteiger charge is -2.35. The van der Waals surface area contributed by atoms with Gasteiger partial charge in [0.2, 0.25) is 5.91 Å². The molecular weight excluding hydrogens is 323 g/mol. The van der Waals surface area contributed by atoms with Crippen LogP contribution in [0.4, 0.5) is 15.8 Å². The Bertz CT molecular complexity index is 831. The van der Waals surface area contributed by atoms with Crippen molar-refractivity contribution in [2.75, 3.05) is 24.3 Å². The summed E-state index contributed by atoms with van der Waals surface area (Å²) in [6, 6.07) is 9.72. The average Bonchev–Trinajstić information content (AvgIpc) is 2.72. The molecular formula is C19H19FN2O3. The number of carbonyl (C=O) groups is 1. The number of hydrogen-bond donors (Lipinski definition) is 2. The monoisotopic (exact) mass is 342 g/mol. The smallest absolute Gasteiger partial charge is 0.228 e. The number of amides is 1. The van der Waals surface area contributed by atoms with Crippen molar-refractivity contribution < 1.29 is 18.7 Å².